The molecule has 1 aliphatic rings. The molecule has 6 heteroatoms. The number of sulfone groups is 1. The Morgan fingerprint density at radius 1 is 1.44 bits per heavy atom. The normalized spacial score (nSPS) is 21.8. The van der Waals surface area contributed by atoms with Gasteiger partial charge in [-0.1, -0.05) is 0 Å². The summed E-state index contributed by atoms with van der Waals surface area (Å²) >= 11 is 0. The number of pyridine rings is 1. The third kappa shape index (κ3) is 2.69. The third-order valence-corrected chi connectivity index (χ3v) is 4.99. The molecule has 1 aromatic heterocycles. The molecule has 0 aliphatic carbocycles. The first-order valence-corrected chi connectivity index (χ1v) is 7.61. The Morgan fingerprint density at radius 2 is 2.17 bits per heavy atom. The topological polar surface area (TPSA) is 67.3 Å². The fraction of sp³-hybridized carbons (Fsp3) is 0.500. The summed E-state index contributed by atoms with van der Waals surface area (Å²) in [4.78, 5) is 17.7. The molecule has 1 fully saturated rings. The van der Waals surface area contributed by atoms with Crippen molar-refractivity contribution in [3.05, 3.63) is 29.6 Å². The van der Waals surface area contributed by atoms with E-state index in [2.05, 4.69) is 4.98 Å². The standard InChI is InChI=1S/C12H16N2O3S/c1-9-3-4-10(7-13-9)12(15)14(2)11-5-6-18(16,17)8-11/h3-4,7,11H,5-6,8H2,1-2H3. The second-order valence-corrected chi connectivity index (χ2v) is 6.89. The number of aryl methyl sites for hydroxylation is 1. The fourth-order valence-electron chi connectivity index (χ4n) is 2.04. The second-order valence-electron chi connectivity index (χ2n) is 4.66. The average molecular weight is 268 g/mol. The zero-order valence-electron chi connectivity index (χ0n) is 10.5. The number of carbonyl (C=O) groups excluding carboxylic acids is 1. The van der Waals surface area contributed by atoms with Gasteiger partial charge in [-0.25, -0.2) is 8.42 Å². The van der Waals surface area contributed by atoms with Crippen LogP contribution >= 0.6 is 0 Å². The van der Waals surface area contributed by atoms with Crippen molar-refractivity contribution in [1.29, 1.82) is 0 Å². The quantitative estimate of drug-likeness (QED) is 0.790. The van der Waals surface area contributed by atoms with Crippen LogP contribution < -0.4 is 0 Å². The van der Waals surface area contributed by atoms with E-state index in [-0.39, 0.29) is 23.5 Å². The molecule has 0 aromatic carbocycles. The molecule has 1 unspecified atom stereocenters. The van der Waals surface area contributed by atoms with Crippen molar-refractivity contribution in [2.75, 3.05) is 18.6 Å². The van der Waals surface area contributed by atoms with Crippen LogP contribution in [0, 0.1) is 6.92 Å². The van der Waals surface area contributed by atoms with Crippen LogP contribution in [0.2, 0.25) is 0 Å². The van der Waals surface area contributed by atoms with E-state index in [1.165, 1.54) is 11.1 Å². The molecule has 2 rings (SSSR count). The third-order valence-electron chi connectivity index (χ3n) is 3.23. The largest absolute Gasteiger partial charge is 0.338 e. The number of carbonyl (C=O) groups is 1. The van der Waals surface area contributed by atoms with E-state index in [0.717, 1.165) is 5.69 Å². The van der Waals surface area contributed by atoms with Crippen LogP contribution in [0.1, 0.15) is 22.5 Å². The van der Waals surface area contributed by atoms with Gasteiger partial charge in [-0.3, -0.25) is 9.78 Å². The maximum Gasteiger partial charge on any atom is 0.255 e. The van der Waals surface area contributed by atoms with Crippen molar-refractivity contribution < 1.29 is 13.2 Å². The molecule has 5 nitrogen and oxygen atoms in total. The van der Waals surface area contributed by atoms with Crippen molar-refractivity contribution in [2.24, 2.45) is 0 Å². The first kappa shape index (κ1) is 13.0. The Morgan fingerprint density at radius 3 is 2.67 bits per heavy atom. The molecule has 2 heterocycles. The van der Waals surface area contributed by atoms with Crippen LogP contribution in [0.25, 0.3) is 0 Å². The molecule has 0 spiro atoms. The van der Waals surface area contributed by atoms with E-state index >= 15 is 0 Å². The van der Waals surface area contributed by atoms with Gasteiger partial charge in [0.15, 0.2) is 9.84 Å². The lowest BCUT2D eigenvalue weighted by molar-refractivity contribution is 0.0747. The molecule has 0 radical (unpaired) electrons. The number of aromatic nitrogens is 1. The van der Waals surface area contributed by atoms with Gasteiger partial charge in [0, 0.05) is 25.0 Å². The number of hydrogen-bond donors (Lipinski definition) is 0. The Bertz CT molecular complexity index is 551. The molecule has 1 saturated heterocycles. The highest BCUT2D eigenvalue weighted by molar-refractivity contribution is 7.91. The summed E-state index contributed by atoms with van der Waals surface area (Å²) in [5.74, 6) is 0.0558. The predicted octanol–water partition coefficient (Wildman–Crippen LogP) is 0.649. The van der Waals surface area contributed by atoms with Gasteiger partial charge in [-0.05, 0) is 25.5 Å². The summed E-state index contributed by atoms with van der Waals surface area (Å²) in [5.41, 5.74) is 1.34. The maximum absolute atomic E-state index is 12.1. The second kappa shape index (κ2) is 4.68. The summed E-state index contributed by atoms with van der Waals surface area (Å²) < 4.78 is 22.8. The Kier molecular flexibility index (Phi) is 3.38. The van der Waals surface area contributed by atoms with Gasteiger partial charge in [-0.15, -0.1) is 0 Å². The lowest BCUT2D eigenvalue weighted by Gasteiger charge is -2.23. The summed E-state index contributed by atoms with van der Waals surface area (Å²) in [6, 6.07) is 3.26. The Labute approximate surface area is 107 Å². The van der Waals surface area contributed by atoms with Crippen LogP contribution in [0.15, 0.2) is 18.3 Å². The van der Waals surface area contributed by atoms with Crippen molar-refractivity contribution in [3.63, 3.8) is 0 Å². The zero-order valence-corrected chi connectivity index (χ0v) is 11.3. The van der Waals surface area contributed by atoms with Gasteiger partial charge in [0.1, 0.15) is 0 Å². The summed E-state index contributed by atoms with van der Waals surface area (Å²) in [7, 11) is -1.33. The van der Waals surface area contributed by atoms with Crippen LogP contribution in [-0.4, -0.2) is 48.8 Å². The summed E-state index contributed by atoms with van der Waals surface area (Å²) in [6.07, 6.45) is 2.04. The average Bonchev–Trinajstić information content (AvgIpc) is 2.69. The monoisotopic (exact) mass is 268 g/mol. The highest BCUT2D eigenvalue weighted by Crippen LogP contribution is 2.18. The molecule has 98 valence electrons. The number of hydrogen-bond acceptors (Lipinski definition) is 4. The SMILES string of the molecule is Cc1ccc(C(=O)N(C)C2CCS(=O)(=O)C2)cn1. The fourth-order valence-corrected chi connectivity index (χ4v) is 3.82. The number of nitrogens with zero attached hydrogens (tertiary/aromatic N) is 2. The van der Waals surface area contributed by atoms with E-state index in [0.29, 0.717) is 12.0 Å². The van der Waals surface area contributed by atoms with Crippen LogP contribution in [0.5, 0.6) is 0 Å². The van der Waals surface area contributed by atoms with Gasteiger partial charge >= 0.3 is 0 Å². The van der Waals surface area contributed by atoms with Crippen molar-refractivity contribution >= 4 is 15.7 Å². The molecular formula is C12H16N2O3S. The molecule has 18 heavy (non-hydrogen) atoms. The van der Waals surface area contributed by atoms with Crippen molar-refractivity contribution in [2.45, 2.75) is 19.4 Å². The van der Waals surface area contributed by atoms with Crippen LogP contribution in [0.3, 0.4) is 0 Å². The predicted molar refractivity (Wildman–Crippen MR) is 68.1 cm³/mol. The van der Waals surface area contributed by atoms with E-state index in [1.54, 1.807) is 19.2 Å². The van der Waals surface area contributed by atoms with E-state index in [1.807, 2.05) is 6.92 Å². The van der Waals surface area contributed by atoms with Crippen LogP contribution in [0.4, 0.5) is 0 Å². The lowest BCUT2D eigenvalue weighted by atomic mass is 10.2. The van der Waals surface area contributed by atoms with Crippen molar-refractivity contribution in [1.82, 2.24) is 9.88 Å². The summed E-state index contributed by atoms with van der Waals surface area (Å²) in [6.45, 7) is 1.85. The van der Waals surface area contributed by atoms with Crippen molar-refractivity contribution in [3.8, 4) is 0 Å². The minimum Gasteiger partial charge on any atom is -0.338 e. The minimum atomic E-state index is -2.97. The van der Waals surface area contributed by atoms with Crippen LogP contribution in [-0.2, 0) is 9.84 Å². The molecular weight excluding hydrogens is 252 g/mol. The lowest BCUT2D eigenvalue weighted by Crippen LogP contribution is -2.37. The highest BCUT2D eigenvalue weighted by atomic mass is 32.2. The van der Waals surface area contributed by atoms with Gasteiger partial charge in [0.2, 0.25) is 0 Å². The van der Waals surface area contributed by atoms with E-state index < -0.39 is 9.84 Å². The minimum absolute atomic E-state index is 0.0640. The van der Waals surface area contributed by atoms with Gasteiger partial charge in [0.05, 0.1) is 17.1 Å². The molecule has 1 atom stereocenters. The van der Waals surface area contributed by atoms with Gasteiger partial charge in [0.25, 0.3) is 5.91 Å². The molecule has 0 saturated carbocycles. The zero-order chi connectivity index (χ0) is 13.3. The first-order valence-electron chi connectivity index (χ1n) is 5.79. The summed E-state index contributed by atoms with van der Waals surface area (Å²) in [5, 5.41) is 0. The Hall–Kier alpha value is -1.43. The molecule has 1 aromatic rings. The molecule has 0 N–H and O–H groups in total. The first-order chi connectivity index (χ1) is 8.39. The van der Waals surface area contributed by atoms with E-state index in [4.69, 9.17) is 0 Å². The number of rotatable bonds is 2. The maximum atomic E-state index is 12.1. The molecule has 0 bridgehead atoms. The molecule has 1 amide bonds. The van der Waals surface area contributed by atoms with Gasteiger partial charge in [-0.2, -0.15) is 0 Å². The van der Waals surface area contributed by atoms with Gasteiger partial charge < -0.3 is 4.90 Å². The highest BCUT2D eigenvalue weighted by Gasteiger charge is 2.33. The number of amides is 1. The smallest absolute Gasteiger partial charge is 0.255 e. The Balaban J connectivity index is 2.12. The van der Waals surface area contributed by atoms with E-state index in [9.17, 15) is 13.2 Å². The molecule has 1 aliphatic heterocycles.